The molecule has 26 heavy (non-hydrogen) atoms. The molecule has 1 fully saturated rings. The van der Waals surface area contributed by atoms with Gasteiger partial charge in [-0.25, -0.2) is 0 Å². The fourth-order valence-electron chi connectivity index (χ4n) is 4.71. The Kier molecular flexibility index (Phi) is 8.04. The molecule has 1 aromatic rings. The first kappa shape index (κ1) is 22.9. The number of rotatable bonds is 1. The first-order valence-corrected chi connectivity index (χ1v) is 10.1. The van der Waals surface area contributed by atoms with Gasteiger partial charge >= 0.3 is 6.98 Å². The lowest BCUT2D eigenvalue weighted by Gasteiger charge is -2.55. The van der Waals surface area contributed by atoms with E-state index in [1.807, 2.05) is 0 Å². The number of fused-ring (bicyclic) bond motifs is 3. The summed E-state index contributed by atoms with van der Waals surface area (Å²) < 4.78 is 2.61. The number of benzene rings is 1. The van der Waals surface area contributed by atoms with Crippen molar-refractivity contribution in [2.45, 2.75) is 79.2 Å². The molecule has 0 radical (unpaired) electrons. The average Bonchev–Trinajstić information content (AvgIpc) is 2.84. The van der Waals surface area contributed by atoms with E-state index in [2.05, 4.69) is 114 Å². The molecule has 3 rings (SSSR count). The van der Waals surface area contributed by atoms with Crippen LogP contribution in [0.2, 0.25) is 13.6 Å². The van der Waals surface area contributed by atoms with Gasteiger partial charge in [-0.2, -0.15) is 0 Å². The van der Waals surface area contributed by atoms with Gasteiger partial charge in [0.2, 0.25) is 0 Å². The Balaban J connectivity index is 0.000000615. The summed E-state index contributed by atoms with van der Waals surface area (Å²) in [5.74, 6) is 0. The highest BCUT2D eigenvalue weighted by molar-refractivity contribution is 6.74. The number of para-hydroxylation sites is 1. The number of hydrogen-bond donors (Lipinski definition) is 0. The van der Waals surface area contributed by atoms with Crippen LogP contribution >= 0.6 is 0 Å². The summed E-state index contributed by atoms with van der Waals surface area (Å²) in [5, 5.41) is 0. The van der Waals surface area contributed by atoms with Crippen molar-refractivity contribution in [3.05, 3.63) is 43.0 Å². The van der Waals surface area contributed by atoms with Gasteiger partial charge in [0, 0.05) is 11.1 Å². The molecule has 0 aromatic heterocycles. The van der Waals surface area contributed by atoms with E-state index in [-0.39, 0.29) is 5.41 Å². The highest BCUT2D eigenvalue weighted by atomic mass is 15.4. The molecule has 1 atom stereocenters. The fourth-order valence-corrected chi connectivity index (χ4v) is 4.71. The molecule has 0 amide bonds. The van der Waals surface area contributed by atoms with Gasteiger partial charge in [0.15, 0.2) is 0 Å². The van der Waals surface area contributed by atoms with Gasteiger partial charge in [0.05, 0.1) is 6.17 Å². The van der Waals surface area contributed by atoms with Crippen LogP contribution in [0.3, 0.4) is 0 Å². The van der Waals surface area contributed by atoms with Crippen LogP contribution in [0.5, 0.6) is 0 Å². The number of likely N-dealkylation sites (N-methyl/N-ethyl adjacent to an activating group) is 1. The van der Waals surface area contributed by atoms with Crippen LogP contribution < -0.4 is 4.81 Å². The second-order valence-electron chi connectivity index (χ2n) is 8.20. The van der Waals surface area contributed by atoms with Crippen molar-refractivity contribution in [3.8, 4) is 0 Å². The zero-order valence-electron chi connectivity index (χ0n) is 18.6. The van der Waals surface area contributed by atoms with Crippen LogP contribution in [-0.4, -0.2) is 42.8 Å². The monoisotopic (exact) mass is 355 g/mol. The van der Waals surface area contributed by atoms with E-state index in [0.29, 0.717) is 26.2 Å². The largest absolute Gasteiger partial charge is 0.386 e. The van der Waals surface area contributed by atoms with E-state index in [1.165, 1.54) is 17.7 Å². The summed E-state index contributed by atoms with van der Waals surface area (Å²) in [6.45, 7) is 25.2. The predicted molar refractivity (Wildman–Crippen MR) is 121 cm³/mol. The van der Waals surface area contributed by atoms with Crippen molar-refractivity contribution >= 4 is 19.7 Å². The maximum atomic E-state index is 3.00. The van der Waals surface area contributed by atoms with E-state index < -0.39 is 0 Å². The van der Waals surface area contributed by atoms with E-state index in [0.717, 1.165) is 0 Å². The van der Waals surface area contributed by atoms with Crippen LogP contribution in [0.25, 0.3) is 0 Å². The Hall–Kier alpha value is -1.19. The Bertz CT molecular complexity index is 576. The maximum Gasteiger partial charge on any atom is 0.330 e. The second-order valence-corrected chi connectivity index (χ2v) is 8.20. The first-order chi connectivity index (χ1) is 12.2. The van der Waals surface area contributed by atoms with Crippen molar-refractivity contribution in [1.29, 1.82) is 0 Å². The van der Waals surface area contributed by atoms with Crippen LogP contribution in [0.15, 0.2) is 37.4 Å². The smallest absolute Gasteiger partial charge is 0.330 e. The number of anilines is 1. The van der Waals surface area contributed by atoms with Crippen molar-refractivity contribution in [2.75, 3.05) is 11.9 Å². The molecule has 5 heteroatoms. The quantitative estimate of drug-likeness (QED) is 0.505. The molecule has 2 aliphatic rings. The van der Waals surface area contributed by atoms with Gasteiger partial charge in [-0.05, 0) is 24.7 Å². The molecule has 0 aliphatic carbocycles. The second kappa shape index (κ2) is 9.14. The molecule has 1 aromatic carbocycles. The van der Waals surface area contributed by atoms with E-state index in [1.54, 1.807) is 0 Å². The summed E-state index contributed by atoms with van der Waals surface area (Å²) in [6, 6.07) is 9.47. The van der Waals surface area contributed by atoms with Gasteiger partial charge in [0.1, 0.15) is 0 Å². The zero-order chi connectivity index (χ0) is 20.2. The summed E-state index contributed by atoms with van der Waals surface area (Å²) >= 11 is 0. The molecule has 0 spiro atoms. The zero-order valence-corrected chi connectivity index (χ0v) is 18.6. The normalized spacial score (nSPS) is 21.5. The highest BCUT2D eigenvalue weighted by Crippen LogP contribution is 2.48. The lowest BCUT2D eigenvalue weighted by Crippen LogP contribution is -2.75. The molecule has 0 saturated carbocycles. The molecule has 0 bridgehead atoms. The van der Waals surface area contributed by atoms with Crippen molar-refractivity contribution < 1.29 is 0 Å². The van der Waals surface area contributed by atoms with Crippen molar-refractivity contribution in [3.63, 3.8) is 0 Å². The van der Waals surface area contributed by atoms with Gasteiger partial charge in [0.25, 0.3) is 6.98 Å². The van der Waals surface area contributed by atoms with E-state index >= 15 is 0 Å². The summed E-state index contributed by atoms with van der Waals surface area (Å²) in [5.41, 5.74) is 3.03. The summed E-state index contributed by atoms with van der Waals surface area (Å²) in [4.78, 5) is 5.16. The third-order valence-corrected chi connectivity index (χ3v) is 5.62. The molecular formula is C21H39B2N3. The van der Waals surface area contributed by atoms with Gasteiger partial charge < -0.3 is 14.3 Å². The Labute approximate surface area is 163 Å². The third kappa shape index (κ3) is 3.75. The number of hydrogen-bond acceptors (Lipinski definition) is 3. The van der Waals surface area contributed by atoms with Gasteiger partial charge in [-0.1, -0.05) is 79.8 Å². The molecular weight excluding hydrogens is 316 g/mol. The topological polar surface area (TPSA) is 9.72 Å². The van der Waals surface area contributed by atoms with Crippen LogP contribution in [0.4, 0.5) is 5.69 Å². The predicted octanol–water partition coefficient (Wildman–Crippen LogP) is 5.22. The van der Waals surface area contributed by atoms with Crippen LogP contribution in [0.1, 0.15) is 53.5 Å². The standard InChI is InChI=1S/C16H27B2N3.C3H8.C2H4/c1-12(2)21-17(5)19(7)15-16(3,4)13-10-8-9-11-14(13)20(15)18(21)6;1-3-2;1-2/h8-12,15H,1-7H3;3H2,1-2H3;1-2H2. The number of nitrogens with zero attached hydrogens (tertiary/aromatic N) is 3. The van der Waals surface area contributed by atoms with Crippen LogP contribution in [-0.2, 0) is 5.41 Å². The van der Waals surface area contributed by atoms with E-state index in [4.69, 9.17) is 0 Å². The molecule has 2 heterocycles. The van der Waals surface area contributed by atoms with Crippen molar-refractivity contribution in [1.82, 2.24) is 9.53 Å². The molecule has 1 saturated heterocycles. The first-order valence-electron chi connectivity index (χ1n) is 10.1. The Morgan fingerprint density at radius 1 is 1.08 bits per heavy atom. The highest BCUT2D eigenvalue weighted by Gasteiger charge is 2.55. The molecule has 144 valence electrons. The average molecular weight is 355 g/mol. The van der Waals surface area contributed by atoms with Crippen molar-refractivity contribution in [2.24, 2.45) is 0 Å². The third-order valence-electron chi connectivity index (χ3n) is 5.62. The minimum absolute atomic E-state index is 0.150. The Morgan fingerprint density at radius 3 is 2.08 bits per heavy atom. The van der Waals surface area contributed by atoms with E-state index in [9.17, 15) is 0 Å². The Morgan fingerprint density at radius 2 is 1.58 bits per heavy atom. The van der Waals surface area contributed by atoms with Gasteiger partial charge in [-0.3, -0.25) is 0 Å². The molecule has 0 N–H and O–H groups in total. The lowest BCUT2D eigenvalue weighted by atomic mass is 9.55. The SMILES string of the molecule is C=C.CB1N(C)C2N(B(C)N1C(C)C)c1ccccc1C2(C)C.CCC. The summed E-state index contributed by atoms with van der Waals surface area (Å²) in [6.07, 6.45) is 1.68. The van der Waals surface area contributed by atoms with Crippen LogP contribution in [0, 0.1) is 0 Å². The summed E-state index contributed by atoms with van der Waals surface area (Å²) in [7, 11) is 2.28. The lowest BCUT2D eigenvalue weighted by molar-refractivity contribution is 0.247. The minimum Gasteiger partial charge on any atom is -0.386 e. The minimum atomic E-state index is 0.150. The molecule has 1 unspecified atom stereocenters. The molecule has 2 aliphatic heterocycles. The van der Waals surface area contributed by atoms with Gasteiger partial charge in [-0.15, -0.1) is 13.2 Å². The molecule has 3 nitrogen and oxygen atoms in total. The maximum absolute atomic E-state index is 3.00. The fraction of sp³-hybridized carbons (Fsp3) is 0.619.